The molecule has 0 spiro atoms. The molecule has 9 heteroatoms. The maximum atomic E-state index is 6.25. The zero-order valence-electron chi connectivity index (χ0n) is 15.7. The highest BCUT2D eigenvalue weighted by Gasteiger charge is 1.93. The van der Waals surface area contributed by atoms with Gasteiger partial charge >= 0.3 is 0 Å². The van der Waals surface area contributed by atoms with Gasteiger partial charge in [-0.1, -0.05) is 40.5 Å². The zero-order valence-corrected chi connectivity index (χ0v) is 18.0. The van der Waals surface area contributed by atoms with Gasteiger partial charge in [-0.2, -0.15) is 0 Å². The first-order valence-electron chi connectivity index (χ1n) is 7.86. The second-order valence-corrected chi connectivity index (χ2v) is 6.52. The summed E-state index contributed by atoms with van der Waals surface area (Å²) in [5.41, 5.74) is 3.63. The Kier molecular flexibility index (Phi) is 14.1. The molecular formula is C18H24Cl3N4O2+. The van der Waals surface area contributed by atoms with Crippen molar-refractivity contribution in [2.24, 2.45) is 10.3 Å². The van der Waals surface area contributed by atoms with Crippen LogP contribution in [0.4, 0.5) is 0 Å². The molecule has 0 aromatic carbocycles. The standard InChI is InChI=1S/C9H11ClN2O.C6H5Cl2N.C3H7NO/c1-7(2)12-13-6-8-3-4-9(10)11-5-8;7-3-5-1-2-6(8)9-4-5;1-3(2)4-5/h3-5H,6H2,1-2H3;1-2,4H,3H2;5H,1-2H3/p+1. The van der Waals surface area contributed by atoms with Crippen molar-refractivity contribution < 1.29 is 10.0 Å². The lowest BCUT2D eigenvalue weighted by atomic mass is 10.3. The van der Waals surface area contributed by atoms with Gasteiger partial charge in [0.15, 0.2) is 0 Å². The average molecular weight is 435 g/mol. The molecule has 6 nitrogen and oxygen atoms in total. The van der Waals surface area contributed by atoms with Gasteiger partial charge in [-0.25, -0.2) is 9.97 Å². The summed E-state index contributed by atoms with van der Waals surface area (Å²) in [6.07, 6.45) is 3.33. The third-order valence-corrected chi connectivity index (χ3v) is 3.19. The minimum absolute atomic E-state index is 0.426. The fourth-order valence-electron chi connectivity index (χ4n) is 1.21. The summed E-state index contributed by atoms with van der Waals surface area (Å²) >= 11 is 16.6. The lowest BCUT2D eigenvalue weighted by Crippen LogP contribution is -1.90. The second-order valence-electron chi connectivity index (χ2n) is 5.48. The van der Waals surface area contributed by atoms with Gasteiger partial charge in [0.05, 0.1) is 5.71 Å². The highest BCUT2D eigenvalue weighted by molar-refractivity contribution is 6.29. The summed E-state index contributed by atoms with van der Waals surface area (Å²) in [6.45, 7) is 7.75. The van der Waals surface area contributed by atoms with Crippen molar-refractivity contribution in [2.75, 3.05) is 0 Å². The van der Waals surface area contributed by atoms with Crippen LogP contribution in [0.25, 0.3) is 0 Å². The molecule has 2 aromatic rings. The quantitative estimate of drug-likeness (QED) is 0.217. The molecule has 0 saturated carbocycles. The number of halogens is 3. The number of hydrogen-bond donors (Lipinski definition) is 0. The molecule has 0 fully saturated rings. The third-order valence-electron chi connectivity index (χ3n) is 2.43. The SMILES string of the molecule is CC(C)=NOCc1ccc(Cl)nc1.CC(C)=N[OH2+].ClCc1ccc(Cl)nc1. The predicted octanol–water partition coefficient (Wildman–Crippen LogP) is 5.23. The average Bonchev–Trinajstić information content (AvgIpc) is 2.65. The van der Waals surface area contributed by atoms with Gasteiger partial charge in [0, 0.05) is 29.0 Å². The van der Waals surface area contributed by atoms with E-state index in [4.69, 9.17) is 44.8 Å². The van der Waals surface area contributed by atoms with Gasteiger partial charge in [-0.15, -0.1) is 11.6 Å². The predicted molar refractivity (Wildman–Crippen MR) is 114 cm³/mol. The van der Waals surface area contributed by atoms with E-state index in [1.807, 2.05) is 26.0 Å². The van der Waals surface area contributed by atoms with Crippen LogP contribution in [0.15, 0.2) is 47.0 Å². The maximum absolute atomic E-state index is 6.25. The second kappa shape index (κ2) is 15.2. The third kappa shape index (κ3) is 14.9. The Bertz CT molecular complexity index is 698. The summed E-state index contributed by atoms with van der Waals surface area (Å²) in [4.78, 5) is 12.8. The van der Waals surface area contributed by atoms with E-state index in [0.717, 1.165) is 22.6 Å². The zero-order chi connectivity index (χ0) is 20.7. The Labute approximate surface area is 174 Å². The Morgan fingerprint density at radius 2 is 1.41 bits per heavy atom. The van der Waals surface area contributed by atoms with E-state index in [0.29, 0.717) is 22.8 Å². The fraction of sp³-hybridized carbons (Fsp3) is 0.333. The molecule has 0 bridgehead atoms. The molecule has 0 radical (unpaired) electrons. The van der Waals surface area contributed by atoms with Crippen LogP contribution in [0.2, 0.25) is 10.3 Å². The van der Waals surface area contributed by atoms with Crippen molar-refractivity contribution in [1.82, 2.24) is 9.97 Å². The van der Waals surface area contributed by atoms with Crippen molar-refractivity contribution in [3.05, 3.63) is 58.1 Å². The number of aromatic nitrogens is 2. The van der Waals surface area contributed by atoms with Crippen LogP contribution in [0.3, 0.4) is 0 Å². The number of rotatable bonds is 4. The van der Waals surface area contributed by atoms with Gasteiger partial charge in [0.2, 0.25) is 0 Å². The highest BCUT2D eigenvalue weighted by Crippen LogP contribution is 2.07. The summed E-state index contributed by atoms with van der Waals surface area (Å²) in [7, 11) is 0. The molecule has 0 saturated heterocycles. The summed E-state index contributed by atoms with van der Waals surface area (Å²) in [5.74, 6) is 0.490. The number of oxime groups is 1. The number of hydrogen-bond acceptors (Lipinski definition) is 5. The lowest BCUT2D eigenvalue weighted by Gasteiger charge is -1.99. The van der Waals surface area contributed by atoms with Crippen LogP contribution in [0, 0.1) is 0 Å². The van der Waals surface area contributed by atoms with Crippen LogP contribution in [-0.4, -0.2) is 26.6 Å². The molecule has 0 amide bonds. The summed E-state index contributed by atoms with van der Waals surface area (Å²) < 4.78 is 0. The van der Waals surface area contributed by atoms with Gasteiger partial charge in [-0.05, 0) is 45.4 Å². The van der Waals surface area contributed by atoms with Crippen molar-refractivity contribution in [3.8, 4) is 0 Å². The molecule has 0 aliphatic carbocycles. The Balaban J connectivity index is 0.000000419. The van der Waals surface area contributed by atoms with E-state index in [-0.39, 0.29) is 0 Å². The number of nitrogens with zero attached hydrogens (tertiary/aromatic N) is 4. The smallest absolute Gasteiger partial charge is 0.143 e. The minimum Gasteiger partial charge on any atom is -0.469 e. The van der Waals surface area contributed by atoms with Gasteiger partial charge in [0.1, 0.15) is 22.6 Å². The monoisotopic (exact) mass is 433 g/mol. The van der Waals surface area contributed by atoms with E-state index in [1.54, 1.807) is 38.4 Å². The topological polar surface area (TPSA) is 82.6 Å². The molecule has 0 atom stereocenters. The molecule has 27 heavy (non-hydrogen) atoms. The van der Waals surface area contributed by atoms with Crippen LogP contribution in [0.1, 0.15) is 38.8 Å². The van der Waals surface area contributed by atoms with Crippen LogP contribution < -0.4 is 0 Å². The van der Waals surface area contributed by atoms with E-state index < -0.39 is 0 Å². The van der Waals surface area contributed by atoms with E-state index in [2.05, 4.69) is 20.3 Å². The first-order valence-corrected chi connectivity index (χ1v) is 9.15. The molecule has 2 heterocycles. The van der Waals surface area contributed by atoms with Gasteiger partial charge in [-0.3, -0.25) is 0 Å². The molecule has 2 N–H and O–H groups in total. The molecule has 2 rings (SSSR count). The molecule has 148 valence electrons. The number of alkyl halides is 1. The van der Waals surface area contributed by atoms with E-state index in [9.17, 15) is 0 Å². The van der Waals surface area contributed by atoms with Crippen LogP contribution >= 0.6 is 34.8 Å². The minimum atomic E-state index is 0.426. The maximum Gasteiger partial charge on any atom is 0.143 e. The first kappa shape index (κ1) is 25.1. The van der Waals surface area contributed by atoms with Crippen molar-refractivity contribution >= 4 is 46.2 Å². The van der Waals surface area contributed by atoms with Crippen LogP contribution in [0.5, 0.6) is 0 Å². The molecule has 0 aliphatic rings. The van der Waals surface area contributed by atoms with Gasteiger partial charge < -0.3 is 10.0 Å². The Morgan fingerprint density at radius 1 is 0.926 bits per heavy atom. The Hall–Kier alpha value is -1.89. The molecule has 2 aromatic heterocycles. The molecular weight excluding hydrogens is 411 g/mol. The van der Waals surface area contributed by atoms with Gasteiger partial charge in [0.25, 0.3) is 0 Å². The van der Waals surface area contributed by atoms with Crippen molar-refractivity contribution in [1.29, 1.82) is 0 Å². The van der Waals surface area contributed by atoms with E-state index in [1.165, 1.54) is 0 Å². The van der Waals surface area contributed by atoms with Crippen molar-refractivity contribution in [2.45, 2.75) is 40.2 Å². The summed E-state index contributed by atoms with van der Waals surface area (Å²) in [5, 5.41) is 14.1. The lowest BCUT2D eigenvalue weighted by molar-refractivity contribution is 0.130. The highest BCUT2D eigenvalue weighted by atomic mass is 35.5. The molecule has 0 unspecified atom stereocenters. The molecule has 0 aliphatic heterocycles. The first-order chi connectivity index (χ1) is 12.8. The van der Waals surface area contributed by atoms with E-state index >= 15 is 0 Å². The fourth-order valence-corrected chi connectivity index (χ4v) is 1.59. The Morgan fingerprint density at radius 3 is 1.74 bits per heavy atom. The summed E-state index contributed by atoms with van der Waals surface area (Å²) in [6, 6.07) is 7.15. The normalized spacial score (nSPS) is 9.00. The number of pyridine rings is 2. The van der Waals surface area contributed by atoms with Crippen LogP contribution in [-0.2, 0) is 17.3 Å². The van der Waals surface area contributed by atoms with Crippen molar-refractivity contribution in [3.63, 3.8) is 0 Å². The largest absolute Gasteiger partial charge is 0.469 e.